The molecular weight excluding hydrogens is 228 g/mol. The van der Waals surface area contributed by atoms with Crippen LogP contribution in [0.3, 0.4) is 0 Å². The largest absolute Gasteiger partial charge is 0.388 e. The zero-order valence-corrected chi connectivity index (χ0v) is 10.7. The highest BCUT2D eigenvalue weighted by molar-refractivity contribution is 5.94. The van der Waals surface area contributed by atoms with Gasteiger partial charge in [0, 0.05) is 38.1 Å². The zero-order chi connectivity index (χ0) is 12.8. The predicted octanol–water partition coefficient (Wildman–Crippen LogP) is 1.88. The first-order valence-corrected chi connectivity index (χ1v) is 6.43. The number of nitrogens with one attached hydrogen (secondary N) is 2. The molecule has 1 heterocycles. The van der Waals surface area contributed by atoms with Gasteiger partial charge in [-0.15, -0.1) is 0 Å². The topological polar surface area (TPSA) is 50.4 Å². The molecule has 18 heavy (non-hydrogen) atoms. The summed E-state index contributed by atoms with van der Waals surface area (Å²) in [6.45, 7) is 2.43. The molecule has 4 heteroatoms. The van der Waals surface area contributed by atoms with Crippen LogP contribution in [0.2, 0.25) is 0 Å². The van der Waals surface area contributed by atoms with Crippen molar-refractivity contribution in [3.8, 4) is 0 Å². The van der Waals surface area contributed by atoms with Crippen LogP contribution in [-0.2, 0) is 4.74 Å². The number of hydrogen-bond acceptors (Lipinski definition) is 3. The van der Waals surface area contributed by atoms with Crippen molar-refractivity contribution in [1.29, 1.82) is 0 Å². The summed E-state index contributed by atoms with van der Waals surface area (Å²) in [5.41, 5.74) is 1.71. The second-order valence-electron chi connectivity index (χ2n) is 4.60. The molecule has 1 fully saturated rings. The van der Waals surface area contributed by atoms with E-state index in [9.17, 15) is 4.79 Å². The third-order valence-electron chi connectivity index (χ3n) is 3.30. The molecule has 1 unspecified atom stereocenters. The van der Waals surface area contributed by atoms with Crippen molar-refractivity contribution in [3.05, 3.63) is 29.8 Å². The molecule has 98 valence electrons. The maximum Gasteiger partial charge on any atom is 0.251 e. The molecule has 0 radical (unpaired) electrons. The summed E-state index contributed by atoms with van der Waals surface area (Å²) >= 11 is 0. The fourth-order valence-corrected chi connectivity index (χ4v) is 2.09. The first-order valence-electron chi connectivity index (χ1n) is 6.43. The lowest BCUT2D eigenvalue weighted by molar-refractivity contribution is 0.0950. The maximum atomic E-state index is 11.9. The van der Waals surface area contributed by atoms with Crippen LogP contribution in [0.5, 0.6) is 0 Å². The Bertz CT molecular complexity index is 383. The van der Waals surface area contributed by atoms with Crippen LogP contribution in [0.1, 0.15) is 23.2 Å². The van der Waals surface area contributed by atoms with E-state index < -0.39 is 0 Å². The Hall–Kier alpha value is -1.55. The average Bonchev–Trinajstić information content (AvgIpc) is 2.92. The Morgan fingerprint density at radius 2 is 2.17 bits per heavy atom. The first-order chi connectivity index (χ1) is 8.79. The summed E-state index contributed by atoms with van der Waals surface area (Å²) in [4.78, 5) is 11.9. The summed E-state index contributed by atoms with van der Waals surface area (Å²) in [6, 6.07) is 7.47. The second kappa shape index (κ2) is 6.40. The van der Waals surface area contributed by atoms with Crippen LogP contribution in [-0.4, -0.2) is 32.7 Å². The van der Waals surface area contributed by atoms with Gasteiger partial charge in [0.05, 0.1) is 0 Å². The lowest BCUT2D eigenvalue weighted by Crippen LogP contribution is -2.26. The Morgan fingerprint density at radius 3 is 2.78 bits per heavy atom. The normalized spacial score (nSPS) is 18.6. The van der Waals surface area contributed by atoms with Gasteiger partial charge in [0.15, 0.2) is 0 Å². The van der Waals surface area contributed by atoms with Crippen LogP contribution in [0.4, 0.5) is 5.69 Å². The Morgan fingerprint density at radius 1 is 1.39 bits per heavy atom. The van der Waals surface area contributed by atoms with Crippen molar-refractivity contribution >= 4 is 11.6 Å². The maximum absolute atomic E-state index is 11.9. The van der Waals surface area contributed by atoms with Gasteiger partial charge in [-0.05, 0) is 43.0 Å². The first kappa shape index (κ1) is 12.9. The summed E-state index contributed by atoms with van der Waals surface area (Å²) in [5.74, 6) is 0.605. The monoisotopic (exact) mass is 248 g/mol. The molecule has 0 aromatic heterocycles. The molecule has 2 N–H and O–H groups in total. The highest BCUT2D eigenvalue weighted by atomic mass is 16.5. The molecule has 1 saturated heterocycles. The summed E-state index contributed by atoms with van der Waals surface area (Å²) in [5, 5.41) is 5.98. The van der Waals surface area contributed by atoms with Gasteiger partial charge in [0.1, 0.15) is 0 Å². The third kappa shape index (κ3) is 3.47. The second-order valence-corrected chi connectivity index (χ2v) is 4.60. The van der Waals surface area contributed by atoms with E-state index in [1.165, 1.54) is 0 Å². The van der Waals surface area contributed by atoms with E-state index in [-0.39, 0.29) is 5.91 Å². The molecule has 0 spiro atoms. The van der Waals surface area contributed by atoms with Crippen LogP contribution < -0.4 is 10.6 Å². The van der Waals surface area contributed by atoms with E-state index in [2.05, 4.69) is 10.6 Å². The highest BCUT2D eigenvalue weighted by Gasteiger charge is 2.15. The molecule has 0 saturated carbocycles. The van der Waals surface area contributed by atoms with Gasteiger partial charge in [0.25, 0.3) is 5.91 Å². The van der Waals surface area contributed by atoms with Gasteiger partial charge >= 0.3 is 0 Å². The zero-order valence-electron chi connectivity index (χ0n) is 10.7. The standard InChI is InChI=1S/C14H20N2O2/c1-15-13-4-2-12(3-5-13)14(17)16-8-6-11-7-9-18-10-11/h2-5,11,15H,6-10H2,1H3,(H,16,17). The average molecular weight is 248 g/mol. The van der Waals surface area contributed by atoms with Crippen molar-refractivity contribution in [1.82, 2.24) is 5.32 Å². The number of carbonyl (C=O) groups excluding carboxylic acids is 1. The number of rotatable bonds is 5. The van der Waals surface area contributed by atoms with E-state index >= 15 is 0 Å². The molecule has 1 atom stereocenters. The molecule has 1 aromatic rings. The minimum atomic E-state index is -0.00318. The van der Waals surface area contributed by atoms with Gasteiger partial charge in [-0.1, -0.05) is 0 Å². The number of anilines is 1. The van der Waals surface area contributed by atoms with E-state index in [0.29, 0.717) is 11.5 Å². The Kier molecular flexibility index (Phi) is 4.59. The van der Waals surface area contributed by atoms with Gasteiger partial charge < -0.3 is 15.4 Å². The predicted molar refractivity (Wildman–Crippen MR) is 71.9 cm³/mol. The summed E-state index contributed by atoms with van der Waals surface area (Å²) < 4.78 is 5.31. The highest BCUT2D eigenvalue weighted by Crippen LogP contribution is 2.15. The molecule has 0 aliphatic carbocycles. The number of carbonyl (C=O) groups is 1. The minimum Gasteiger partial charge on any atom is -0.388 e. The van der Waals surface area contributed by atoms with Crippen molar-refractivity contribution in [2.75, 3.05) is 32.1 Å². The Balaban J connectivity index is 1.76. The number of amides is 1. The molecule has 4 nitrogen and oxygen atoms in total. The smallest absolute Gasteiger partial charge is 0.251 e. The molecule has 1 aromatic carbocycles. The molecule has 1 aliphatic rings. The van der Waals surface area contributed by atoms with E-state index in [4.69, 9.17) is 4.74 Å². The fourth-order valence-electron chi connectivity index (χ4n) is 2.09. The van der Waals surface area contributed by atoms with Crippen molar-refractivity contribution in [3.63, 3.8) is 0 Å². The number of benzene rings is 1. The van der Waals surface area contributed by atoms with Crippen LogP contribution in [0.25, 0.3) is 0 Å². The quantitative estimate of drug-likeness (QED) is 0.836. The minimum absolute atomic E-state index is 0.00318. The van der Waals surface area contributed by atoms with Gasteiger partial charge in [-0.25, -0.2) is 0 Å². The van der Waals surface area contributed by atoms with E-state index in [1.807, 2.05) is 31.3 Å². The van der Waals surface area contributed by atoms with Crippen molar-refractivity contribution in [2.45, 2.75) is 12.8 Å². The van der Waals surface area contributed by atoms with Gasteiger partial charge in [-0.3, -0.25) is 4.79 Å². The van der Waals surface area contributed by atoms with Crippen LogP contribution in [0, 0.1) is 5.92 Å². The van der Waals surface area contributed by atoms with Crippen LogP contribution in [0.15, 0.2) is 24.3 Å². The fraction of sp³-hybridized carbons (Fsp3) is 0.500. The van der Waals surface area contributed by atoms with E-state index in [0.717, 1.165) is 38.3 Å². The molecule has 1 aliphatic heterocycles. The van der Waals surface area contributed by atoms with Crippen molar-refractivity contribution < 1.29 is 9.53 Å². The lowest BCUT2D eigenvalue weighted by Gasteiger charge is -2.09. The lowest BCUT2D eigenvalue weighted by atomic mass is 10.1. The van der Waals surface area contributed by atoms with Gasteiger partial charge in [-0.2, -0.15) is 0 Å². The van der Waals surface area contributed by atoms with Crippen molar-refractivity contribution in [2.24, 2.45) is 5.92 Å². The SMILES string of the molecule is CNc1ccc(C(=O)NCCC2CCOC2)cc1. The number of hydrogen-bond donors (Lipinski definition) is 2. The van der Waals surface area contributed by atoms with E-state index in [1.54, 1.807) is 0 Å². The summed E-state index contributed by atoms with van der Waals surface area (Å²) in [7, 11) is 1.86. The third-order valence-corrected chi connectivity index (χ3v) is 3.30. The molecule has 2 rings (SSSR count). The van der Waals surface area contributed by atoms with Crippen LogP contribution >= 0.6 is 0 Å². The molecule has 0 bridgehead atoms. The van der Waals surface area contributed by atoms with Gasteiger partial charge in [0.2, 0.25) is 0 Å². The number of ether oxygens (including phenoxy) is 1. The molecule has 1 amide bonds. The summed E-state index contributed by atoms with van der Waals surface area (Å²) in [6.07, 6.45) is 2.12. The Labute approximate surface area is 108 Å². The molecular formula is C14H20N2O2.